The molecule has 0 saturated carbocycles. The van der Waals surface area contributed by atoms with Crippen molar-refractivity contribution in [2.24, 2.45) is 0 Å². The Labute approximate surface area is 306 Å². The first-order valence-corrected chi connectivity index (χ1v) is 17.7. The second kappa shape index (κ2) is 12.5. The summed E-state index contributed by atoms with van der Waals surface area (Å²) in [5.74, 6) is 0.862. The van der Waals surface area contributed by atoms with Crippen LogP contribution in [-0.2, 0) is 0 Å². The average molecular weight is 681 g/mol. The molecule has 0 aliphatic rings. The van der Waals surface area contributed by atoms with Crippen molar-refractivity contribution in [3.8, 4) is 62.0 Å². The van der Waals surface area contributed by atoms with Gasteiger partial charge in [0.1, 0.15) is 11.6 Å². The van der Waals surface area contributed by atoms with Crippen molar-refractivity contribution in [3.05, 3.63) is 188 Å². The number of pyridine rings is 1. The molecule has 53 heavy (non-hydrogen) atoms. The molecule has 0 aliphatic heterocycles. The van der Waals surface area contributed by atoms with E-state index in [1.54, 1.807) is 6.07 Å². The van der Waals surface area contributed by atoms with Crippen LogP contribution in [0, 0.1) is 0 Å². The summed E-state index contributed by atoms with van der Waals surface area (Å²) in [6.07, 6.45) is 2.02. The highest BCUT2D eigenvalue weighted by molar-refractivity contribution is 6.09. The zero-order chi connectivity index (χ0) is 35.3. The molecule has 0 bridgehead atoms. The van der Waals surface area contributed by atoms with E-state index in [2.05, 4.69) is 143 Å². The number of rotatable bonds is 6. The van der Waals surface area contributed by atoms with Crippen LogP contribution in [0.25, 0.3) is 89.1 Å². The molecule has 5 nitrogen and oxygen atoms in total. The van der Waals surface area contributed by atoms with Gasteiger partial charge in [0.2, 0.25) is 0 Å². The molecule has 7 aromatic carbocycles. The van der Waals surface area contributed by atoms with Crippen molar-refractivity contribution in [1.82, 2.24) is 19.1 Å². The van der Waals surface area contributed by atoms with Gasteiger partial charge in [-0.2, -0.15) is 0 Å². The van der Waals surface area contributed by atoms with E-state index in [1.165, 1.54) is 5.39 Å². The van der Waals surface area contributed by atoms with E-state index in [0.29, 0.717) is 11.4 Å². The van der Waals surface area contributed by atoms with Crippen molar-refractivity contribution in [3.63, 3.8) is 0 Å². The summed E-state index contributed by atoms with van der Waals surface area (Å²) in [6.45, 7) is 0. The van der Waals surface area contributed by atoms with E-state index in [9.17, 15) is 5.11 Å². The van der Waals surface area contributed by atoms with Crippen LogP contribution < -0.4 is 0 Å². The lowest BCUT2D eigenvalue weighted by Crippen LogP contribution is -1.97. The molecule has 10 aromatic rings. The quantitative estimate of drug-likeness (QED) is 0.190. The van der Waals surface area contributed by atoms with Gasteiger partial charge in [-0.1, -0.05) is 109 Å². The van der Waals surface area contributed by atoms with Gasteiger partial charge in [-0.05, 0) is 89.5 Å². The molecule has 0 amide bonds. The monoisotopic (exact) mass is 680 g/mol. The Bertz CT molecular complexity index is 2950. The molecular weight excluding hydrogens is 649 g/mol. The first-order valence-electron chi connectivity index (χ1n) is 17.7. The number of aromatic nitrogens is 4. The van der Waals surface area contributed by atoms with Crippen LogP contribution in [0.3, 0.4) is 0 Å². The third-order valence-corrected chi connectivity index (χ3v) is 10.1. The Morgan fingerprint density at radius 1 is 0.415 bits per heavy atom. The smallest absolute Gasteiger partial charge is 0.149 e. The van der Waals surface area contributed by atoms with E-state index in [-0.39, 0.29) is 5.75 Å². The van der Waals surface area contributed by atoms with Crippen molar-refractivity contribution in [2.45, 2.75) is 0 Å². The predicted molar refractivity (Wildman–Crippen MR) is 217 cm³/mol. The number of imidazole rings is 1. The van der Waals surface area contributed by atoms with Gasteiger partial charge in [0, 0.05) is 39.5 Å². The van der Waals surface area contributed by atoms with Crippen LogP contribution in [0.5, 0.6) is 5.75 Å². The molecule has 3 aromatic heterocycles. The van der Waals surface area contributed by atoms with Crippen molar-refractivity contribution in [2.75, 3.05) is 0 Å². The Morgan fingerprint density at radius 2 is 1.02 bits per heavy atom. The van der Waals surface area contributed by atoms with Gasteiger partial charge in [0.15, 0.2) is 0 Å². The molecule has 10 rings (SSSR count). The first-order chi connectivity index (χ1) is 26.2. The van der Waals surface area contributed by atoms with E-state index in [4.69, 9.17) is 9.97 Å². The second-order valence-corrected chi connectivity index (χ2v) is 13.2. The standard InChI is InChI=1S/C48H32N4O/c53-46-26-13-11-22-40(46)48-50-47-38(23-14-25-44(47)52(48)37-19-8-3-9-20-37)34-27-33(32-15-4-1-5-16-32)28-35(29-34)42-30-45-41(31-49-42)39-21-10-12-24-43(39)51(45)36-17-6-2-7-18-36/h1-31,53H. The lowest BCUT2D eigenvalue weighted by atomic mass is 9.94. The molecule has 0 unspecified atom stereocenters. The van der Waals surface area contributed by atoms with Crippen LogP contribution in [0.15, 0.2) is 188 Å². The Balaban J connectivity index is 1.23. The molecule has 0 fully saturated rings. The summed E-state index contributed by atoms with van der Waals surface area (Å²) in [5, 5.41) is 13.3. The molecule has 5 heteroatoms. The van der Waals surface area contributed by atoms with Gasteiger partial charge in [-0.3, -0.25) is 9.55 Å². The summed E-state index contributed by atoms with van der Waals surface area (Å²) in [5.41, 5.74) is 12.9. The summed E-state index contributed by atoms with van der Waals surface area (Å²) in [6, 6.07) is 62.4. The highest BCUT2D eigenvalue weighted by Crippen LogP contribution is 2.40. The summed E-state index contributed by atoms with van der Waals surface area (Å²) >= 11 is 0. The first kappa shape index (κ1) is 30.6. The Kier molecular flexibility index (Phi) is 7.22. The summed E-state index contributed by atoms with van der Waals surface area (Å²) < 4.78 is 4.46. The SMILES string of the molecule is Oc1ccccc1-c1nc2c(-c3cc(-c4ccccc4)cc(-c4cc5c(cn4)c4ccccc4n5-c4ccccc4)c3)cccc2n1-c1ccccc1. The number of phenols is 1. The molecule has 1 N–H and O–H groups in total. The van der Waals surface area contributed by atoms with Crippen molar-refractivity contribution < 1.29 is 5.11 Å². The maximum Gasteiger partial charge on any atom is 0.149 e. The molecule has 0 spiro atoms. The lowest BCUT2D eigenvalue weighted by molar-refractivity contribution is 0.477. The fourth-order valence-corrected chi connectivity index (χ4v) is 7.62. The predicted octanol–water partition coefficient (Wildman–Crippen LogP) is 11.9. The minimum absolute atomic E-state index is 0.185. The van der Waals surface area contributed by atoms with Gasteiger partial charge in [0.25, 0.3) is 0 Å². The van der Waals surface area contributed by atoms with Crippen LogP contribution in [0.4, 0.5) is 0 Å². The third-order valence-electron chi connectivity index (χ3n) is 10.1. The number of fused-ring (bicyclic) bond motifs is 4. The van der Waals surface area contributed by atoms with Crippen LogP contribution >= 0.6 is 0 Å². The summed E-state index contributed by atoms with van der Waals surface area (Å²) in [4.78, 5) is 10.4. The molecule has 3 heterocycles. The molecule has 0 atom stereocenters. The highest BCUT2D eigenvalue weighted by Gasteiger charge is 2.21. The highest BCUT2D eigenvalue weighted by atomic mass is 16.3. The zero-order valence-electron chi connectivity index (χ0n) is 28.6. The number of nitrogens with zero attached hydrogens (tertiary/aromatic N) is 4. The fraction of sp³-hybridized carbons (Fsp3) is 0. The minimum atomic E-state index is 0.185. The molecule has 0 saturated heterocycles. The number of hydrogen-bond acceptors (Lipinski definition) is 3. The number of hydrogen-bond donors (Lipinski definition) is 1. The molecular formula is C48H32N4O. The van der Waals surface area contributed by atoms with E-state index < -0.39 is 0 Å². The van der Waals surface area contributed by atoms with Crippen molar-refractivity contribution in [1.29, 1.82) is 0 Å². The van der Waals surface area contributed by atoms with Gasteiger partial charge >= 0.3 is 0 Å². The van der Waals surface area contributed by atoms with E-state index in [0.717, 1.165) is 72.3 Å². The van der Waals surface area contributed by atoms with E-state index in [1.807, 2.05) is 48.7 Å². The van der Waals surface area contributed by atoms with Gasteiger partial charge < -0.3 is 9.67 Å². The number of phenolic OH excluding ortho intramolecular Hbond substituents is 1. The lowest BCUT2D eigenvalue weighted by Gasteiger charge is -2.13. The topological polar surface area (TPSA) is 55.9 Å². The maximum atomic E-state index is 11.0. The van der Waals surface area contributed by atoms with Crippen LogP contribution in [-0.4, -0.2) is 24.2 Å². The minimum Gasteiger partial charge on any atom is -0.507 e. The number of aromatic hydroxyl groups is 1. The van der Waals surface area contributed by atoms with E-state index >= 15 is 0 Å². The molecule has 0 aliphatic carbocycles. The fourth-order valence-electron chi connectivity index (χ4n) is 7.62. The Morgan fingerprint density at radius 3 is 1.79 bits per heavy atom. The third kappa shape index (κ3) is 5.17. The molecule has 250 valence electrons. The molecule has 0 radical (unpaired) electrons. The van der Waals surface area contributed by atoms with Crippen LogP contribution in [0.2, 0.25) is 0 Å². The number of para-hydroxylation sites is 5. The maximum absolute atomic E-state index is 11.0. The average Bonchev–Trinajstić information content (AvgIpc) is 3.78. The van der Waals surface area contributed by atoms with Crippen LogP contribution in [0.1, 0.15) is 0 Å². The van der Waals surface area contributed by atoms with Gasteiger partial charge in [0.05, 0.1) is 33.3 Å². The summed E-state index contributed by atoms with van der Waals surface area (Å²) in [7, 11) is 0. The van der Waals surface area contributed by atoms with Gasteiger partial charge in [-0.25, -0.2) is 4.98 Å². The zero-order valence-corrected chi connectivity index (χ0v) is 28.6. The van der Waals surface area contributed by atoms with Gasteiger partial charge in [-0.15, -0.1) is 0 Å². The number of benzene rings is 7. The van der Waals surface area contributed by atoms with Crippen molar-refractivity contribution >= 4 is 32.8 Å². The largest absolute Gasteiger partial charge is 0.507 e. The Hall–Kier alpha value is -7.24. The normalized spacial score (nSPS) is 11.5. The second-order valence-electron chi connectivity index (χ2n) is 13.2.